The zero-order chi connectivity index (χ0) is 14.9. The van der Waals surface area contributed by atoms with Gasteiger partial charge in [-0.05, 0) is 32.2 Å². The van der Waals surface area contributed by atoms with Crippen LogP contribution >= 0.6 is 0 Å². The highest BCUT2D eigenvalue weighted by molar-refractivity contribution is 4.58. The van der Waals surface area contributed by atoms with E-state index in [0.717, 1.165) is 52.1 Å². The molecule has 0 aliphatic carbocycles. The summed E-state index contributed by atoms with van der Waals surface area (Å²) in [6.07, 6.45) is 6.12. The highest BCUT2D eigenvalue weighted by Gasteiger charge is 2.04. The van der Waals surface area contributed by atoms with Gasteiger partial charge in [0.05, 0.1) is 6.61 Å². The highest BCUT2D eigenvalue weighted by atomic mass is 16.5. The van der Waals surface area contributed by atoms with Crippen molar-refractivity contribution in [3.05, 3.63) is 0 Å². The molecular weight excluding hydrogens is 258 g/mol. The van der Waals surface area contributed by atoms with Gasteiger partial charge in [0, 0.05) is 46.6 Å². The summed E-state index contributed by atoms with van der Waals surface area (Å²) >= 11 is 0. The largest absolute Gasteiger partial charge is 0.396 e. The van der Waals surface area contributed by atoms with E-state index >= 15 is 0 Å². The summed E-state index contributed by atoms with van der Waals surface area (Å²) in [4.78, 5) is 2.41. The van der Waals surface area contributed by atoms with Crippen LogP contribution in [-0.2, 0) is 9.47 Å². The van der Waals surface area contributed by atoms with Crippen molar-refractivity contribution in [2.24, 2.45) is 0 Å². The topological polar surface area (TPSA) is 62.2 Å². The molecule has 5 heteroatoms. The molecule has 122 valence electrons. The van der Waals surface area contributed by atoms with Gasteiger partial charge in [-0.1, -0.05) is 12.8 Å². The molecule has 20 heavy (non-hydrogen) atoms. The van der Waals surface area contributed by atoms with Crippen LogP contribution in [0, 0.1) is 0 Å². The van der Waals surface area contributed by atoms with Crippen LogP contribution in [0.1, 0.15) is 38.5 Å². The van der Waals surface area contributed by atoms with Gasteiger partial charge in [0.25, 0.3) is 0 Å². The molecule has 0 heterocycles. The lowest BCUT2D eigenvalue weighted by atomic mass is 10.2. The molecule has 0 spiro atoms. The highest BCUT2D eigenvalue weighted by Crippen LogP contribution is 2.02. The van der Waals surface area contributed by atoms with Gasteiger partial charge in [0.15, 0.2) is 0 Å². The Hall–Kier alpha value is -0.200. The third-order valence-electron chi connectivity index (χ3n) is 3.20. The summed E-state index contributed by atoms with van der Waals surface area (Å²) < 4.78 is 10.6. The maximum Gasteiger partial charge on any atom is 0.0593 e. The molecule has 0 aromatic carbocycles. The second-order valence-corrected chi connectivity index (χ2v) is 5.02. The first-order valence-electron chi connectivity index (χ1n) is 7.86. The number of nitrogens with zero attached hydrogens (tertiary/aromatic N) is 1. The van der Waals surface area contributed by atoms with Gasteiger partial charge < -0.3 is 24.6 Å². The Balaban J connectivity index is 3.64. The molecule has 0 atom stereocenters. The molecule has 0 aliphatic heterocycles. The number of aliphatic hydroxyl groups is 2. The summed E-state index contributed by atoms with van der Waals surface area (Å²) in [5, 5.41) is 17.4. The molecule has 0 aromatic rings. The SMILES string of the molecule is COCCCN(CCCCCCO)CCOCCCO. The van der Waals surface area contributed by atoms with Gasteiger partial charge >= 0.3 is 0 Å². The molecule has 0 saturated carbocycles. The van der Waals surface area contributed by atoms with Crippen LogP contribution in [-0.4, -0.2) is 74.9 Å². The van der Waals surface area contributed by atoms with E-state index in [1.165, 1.54) is 12.8 Å². The van der Waals surface area contributed by atoms with Crippen molar-refractivity contribution in [3.8, 4) is 0 Å². The molecule has 2 N–H and O–H groups in total. The summed E-state index contributed by atoms with van der Waals surface area (Å²) in [5.41, 5.74) is 0. The summed E-state index contributed by atoms with van der Waals surface area (Å²) in [5.74, 6) is 0. The van der Waals surface area contributed by atoms with Crippen molar-refractivity contribution in [1.82, 2.24) is 4.90 Å². The maximum absolute atomic E-state index is 8.75. The zero-order valence-electron chi connectivity index (χ0n) is 13.1. The molecule has 0 saturated heterocycles. The zero-order valence-corrected chi connectivity index (χ0v) is 13.1. The van der Waals surface area contributed by atoms with Crippen molar-refractivity contribution < 1.29 is 19.7 Å². The number of hydrogen-bond donors (Lipinski definition) is 2. The second-order valence-electron chi connectivity index (χ2n) is 5.02. The Morgan fingerprint density at radius 1 is 0.700 bits per heavy atom. The Labute approximate surface area is 123 Å². The quantitative estimate of drug-likeness (QED) is 0.419. The van der Waals surface area contributed by atoms with Gasteiger partial charge in [-0.25, -0.2) is 0 Å². The molecule has 0 radical (unpaired) electrons. The van der Waals surface area contributed by atoms with E-state index in [4.69, 9.17) is 19.7 Å². The molecule has 0 rings (SSSR count). The fraction of sp³-hybridized carbons (Fsp3) is 1.00. The van der Waals surface area contributed by atoms with Crippen LogP contribution in [0.25, 0.3) is 0 Å². The van der Waals surface area contributed by atoms with Gasteiger partial charge in [0.1, 0.15) is 0 Å². The lowest BCUT2D eigenvalue weighted by Crippen LogP contribution is -2.30. The number of rotatable bonds is 16. The molecule has 0 unspecified atom stereocenters. The van der Waals surface area contributed by atoms with Crippen LogP contribution < -0.4 is 0 Å². The van der Waals surface area contributed by atoms with Crippen molar-refractivity contribution in [2.75, 3.05) is 59.8 Å². The Morgan fingerprint density at radius 3 is 2.10 bits per heavy atom. The molecule has 5 nitrogen and oxygen atoms in total. The van der Waals surface area contributed by atoms with Crippen molar-refractivity contribution >= 4 is 0 Å². The van der Waals surface area contributed by atoms with Crippen LogP contribution in [0.3, 0.4) is 0 Å². The number of unbranched alkanes of at least 4 members (excludes halogenated alkanes) is 3. The summed E-state index contributed by atoms with van der Waals surface area (Å²) in [6, 6.07) is 0. The van der Waals surface area contributed by atoms with Gasteiger partial charge in [-0.15, -0.1) is 0 Å². The first kappa shape index (κ1) is 19.8. The predicted molar refractivity (Wildman–Crippen MR) is 81.0 cm³/mol. The fourth-order valence-corrected chi connectivity index (χ4v) is 2.03. The Kier molecular flexibility index (Phi) is 16.7. The van der Waals surface area contributed by atoms with E-state index in [1.807, 2.05) is 0 Å². The number of ether oxygens (including phenoxy) is 2. The third kappa shape index (κ3) is 14.2. The average Bonchev–Trinajstić information content (AvgIpc) is 2.46. The lowest BCUT2D eigenvalue weighted by molar-refractivity contribution is 0.0871. The van der Waals surface area contributed by atoms with Gasteiger partial charge in [-0.3, -0.25) is 0 Å². The first-order valence-corrected chi connectivity index (χ1v) is 7.86. The van der Waals surface area contributed by atoms with E-state index in [0.29, 0.717) is 19.6 Å². The number of aliphatic hydroxyl groups excluding tert-OH is 2. The van der Waals surface area contributed by atoms with E-state index < -0.39 is 0 Å². The number of hydrogen-bond acceptors (Lipinski definition) is 5. The van der Waals surface area contributed by atoms with Gasteiger partial charge in [-0.2, -0.15) is 0 Å². The Morgan fingerprint density at radius 2 is 1.40 bits per heavy atom. The monoisotopic (exact) mass is 291 g/mol. The van der Waals surface area contributed by atoms with Crippen LogP contribution in [0.2, 0.25) is 0 Å². The van der Waals surface area contributed by atoms with Crippen molar-refractivity contribution in [3.63, 3.8) is 0 Å². The first-order chi connectivity index (χ1) is 9.85. The Bertz CT molecular complexity index is 167. The minimum absolute atomic E-state index is 0.197. The summed E-state index contributed by atoms with van der Waals surface area (Å²) in [7, 11) is 1.73. The minimum atomic E-state index is 0.197. The third-order valence-corrected chi connectivity index (χ3v) is 3.20. The average molecular weight is 291 g/mol. The molecule has 0 fully saturated rings. The second kappa shape index (κ2) is 16.9. The fourth-order valence-electron chi connectivity index (χ4n) is 2.03. The normalized spacial score (nSPS) is 11.4. The maximum atomic E-state index is 8.75. The minimum Gasteiger partial charge on any atom is -0.396 e. The smallest absolute Gasteiger partial charge is 0.0593 e. The van der Waals surface area contributed by atoms with Crippen LogP contribution in [0.4, 0.5) is 0 Å². The van der Waals surface area contributed by atoms with E-state index in [-0.39, 0.29) is 6.61 Å². The molecular formula is C15H33NO4. The van der Waals surface area contributed by atoms with E-state index in [9.17, 15) is 0 Å². The standard InChI is InChI=1S/C15H33NO4/c1-19-13-6-9-16(8-4-2-3-5-11-17)10-15-20-14-7-12-18/h17-18H,2-15H2,1H3. The molecule has 0 amide bonds. The lowest BCUT2D eigenvalue weighted by Gasteiger charge is -2.22. The van der Waals surface area contributed by atoms with Crippen LogP contribution in [0.5, 0.6) is 0 Å². The predicted octanol–water partition coefficient (Wildman–Crippen LogP) is 1.28. The summed E-state index contributed by atoms with van der Waals surface area (Å²) in [6.45, 7) is 5.72. The molecule has 0 bridgehead atoms. The van der Waals surface area contributed by atoms with Crippen molar-refractivity contribution in [1.29, 1.82) is 0 Å². The van der Waals surface area contributed by atoms with E-state index in [2.05, 4.69) is 4.90 Å². The van der Waals surface area contributed by atoms with E-state index in [1.54, 1.807) is 7.11 Å². The molecule has 0 aliphatic rings. The molecule has 0 aromatic heterocycles. The van der Waals surface area contributed by atoms with Crippen molar-refractivity contribution in [2.45, 2.75) is 38.5 Å². The number of methoxy groups -OCH3 is 1. The van der Waals surface area contributed by atoms with Gasteiger partial charge in [0.2, 0.25) is 0 Å². The van der Waals surface area contributed by atoms with Crippen LogP contribution in [0.15, 0.2) is 0 Å².